The molecule has 0 saturated carbocycles. The van der Waals surface area contributed by atoms with Crippen LogP contribution >= 0.6 is 11.8 Å². The van der Waals surface area contributed by atoms with Gasteiger partial charge in [-0.25, -0.2) is 4.98 Å². The third kappa shape index (κ3) is 4.13. The predicted molar refractivity (Wildman–Crippen MR) is 96.5 cm³/mol. The summed E-state index contributed by atoms with van der Waals surface area (Å²) in [6.45, 7) is 9.85. The van der Waals surface area contributed by atoms with Gasteiger partial charge in [0.25, 0.3) is 0 Å². The maximum Gasteiger partial charge on any atom is 0.334 e. The molecule has 1 aromatic heterocycles. The van der Waals surface area contributed by atoms with E-state index in [0.29, 0.717) is 4.87 Å². The molecule has 22 heavy (non-hydrogen) atoms. The fourth-order valence-corrected chi connectivity index (χ4v) is 6.34. The van der Waals surface area contributed by atoms with Gasteiger partial charge < -0.3 is 13.4 Å². The van der Waals surface area contributed by atoms with Gasteiger partial charge in [0.2, 0.25) is 0 Å². The summed E-state index contributed by atoms with van der Waals surface area (Å²) in [6.07, 6.45) is 1.08. The number of aryl methyl sites for hydroxylation is 1. The molecule has 0 aliphatic heterocycles. The van der Waals surface area contributed by atoms with Crippen LogP contribution in [-0.2, 0) is 14.7 Å². The summed E-state index contributed by atoms with van der Waals surface area (Å²) in [5, 5.41) is 0. The van der Waals surface area contributed by atoms with Gasteiger partial charge in [-0.2, -0.15) is 0 Å². The van der Waals surface area contributed by atoms with E-state index in [2.05, 4.69) is 41.6 Å². The van der Waals surface area contributed by atoms with E-state index in [0.717, 1.165) is 36.9 Å². The van der Waals surface area contributed by atoms with Gasteiger partial charge in [0, 0.05) is 18.1 Å². The van der Waals surface area contributed by atoms with Gasteiger partial charge in [-0.05, 0) is 39.3 Å². The lowest BCUT2D eigenvalue weighted by atomic mass is 10.3. The smallest absolute Gasteiger partial charge is 0.334 e. The second-order valence-electron chi connectivity index (χ2n) is 5.10. The number of hydrogen-bond acceptors (Lipinski definition) is 4. The number of aromatic nitrogens is 2. The molecule has 1 atom stereocenters. The van der Waals surface area contributed by atoms with Crippen molar-refractivity contribution < 1.29 is 8.85 Å². The number of para-hydroxylation sites is 2. The summed E-state index contributed by atoms with van der Waals surface area (Å²) in [5.41, 5.74) is 2.27. The fraction of sp³-hybridized carbons (Fsp3) is 0.562. The molecule has 122 valence electrons. The molecule has 0 spiro atoms. The minimum atomic E-state index is -1.62. The SMILES string of the molecule is CCO[SiH](OCC)C(CC)SCn1c(C)nc2ccccc21. The van der Waals surface area contributed by atoms with Gasteiger partial charge in [-0.3, -0.25) is 0 Å². The van der Waals surface area contributed by atoms with Gasteiger partial charge in [0.15, 0.2) is 0 Å². The van der Waals surface area contributed by atoms with Crippen LogP contribution in [0, 0.1) is 6.92 Å². The average Bonchev–Trinajstić information content (AvgIpc) is 2.84. The first-order valence-electron chi connectivity index (χ1n) is 7.97. The quantitative estimate of drug-likeness (QED) is 0.654. The summed E-state index contributed by atoms with van der Waals surface area (Å²) in [6, 6.07) is 8.31. The van der Waals surface area contributed by atoms with Crippen LogP contribution in [0.5, 0.6) is 0 Å². The van der Waals surface area contributed by atoms with Crippen LogP contribution < -0.4 is 0 Å². The first-order valence-corrected chi connectivity index (χ1v) is 10.6. The van der Waals surface area contributed by atoms with Crippen molar-refractivity contribution in [2.24, 2.45) is 0 Å². The summed E-state index contributed by atoms with van der Waals surface area (Å²) in [4.78, 5) is 5.09. The van der Waals surface area contributed by atoms with Crippen LogP contribution in [0.3, 0.4) is 0 Å². The van der Waals surface area contributed by atoms with Crippen LogP contribution in [0.25, 0.3) is 11.0 Å². The van der Waals surface area contributed by atoms with E-state index in [-0.39, 0.29) is 0 Å². The predicted octanol–water partition coefficient (Wildman–Crippen LogP) is 3.65. The standard InChI is InChI=1S/C16H26N2O2SSi/c1-5-16(22(19-6-2)20-7-3)21-12-18-13(4)17-14-10-8-9-11-15(14)18/h8-11,16,22H,5-7,12H2,1-4H3. The molecule has 0 fully saturated rings. The van der Waals surface area contributed by atoms with E-state index in [4.69, 9.17) is 8.85 Å². The van der Waals surface area contributed by atoms with E-state index in [9.17, 15) is 0 Å². The molecule has 2 rings (SSSR count). The molecule has 2 aromatic rings. The van der Waals surface area contributed by atoms with E-state index < -0.39 is 9.28 Å². The zero-order valence-electron chi connectivity index (χ0n) is 13.9. The summed E-state index contributed by atoms with van der Waals surface area (Å²) < 4.78 is 14.1. The number of benzene rings is 1. The molecule has 0 bridgehead atoms. The largest absolute Gasteiger partial charge is 0.396 e. The van der Waals surface area contributed by atoms with Gasteiger partial charge in [-0.15, -0.1) is 11.8 Å². The second kappa shape index (κ2) is 8.72. The zero-order chi connectivity index (χ0) is 15.9. The van der Waals surface area contributed by atoms with Gasteiger partial charge in [-0.1, -0.05) is 19.1 Å². The van der Waals surface area contributed by atoms with Crippen molar-refractivity contribution in [3.63, 3.8) is 0 Å². The number of imidazole rings is 1. The normalized spacial score (nSPS) is 13.1. The lowest BCUT2D eigenvalue weighted by Gasteiger charge is -2.23. The van der Waals surface area contributed by atoms with Crippen molar-refractivity contribution in [2.45, 2.75) is 44.9 Å². The number of nitrogens with zero attached hydrogens (tertiary/aromatic N) is 2. The van der Waals surface area contributed by atoms with Gasteiger partial charge in [0.05, 0.1) is 16.9 Å². The third-order valence-electron chi connectivity index (χ3n) is 3.63. The molecule has 0 saturated heterocycles. The Balaban J connectivity index is 2.09. The van der Waals surface area contributed by atoms with Crippen LogP contribution in [0.1, 0.15) is 33.0 Å². The van der Waals surface area contributed by atoms with Gasteiger partial charge >= 0.3 is 9.28 Å². The van der Waals surface area contributed by atoms with Crippen LogP contribution in [0.4, 0.5) is 0 Å². The highest BCUT2D eigenvalue weighted by molar-refractivity contribution is 8.00. The van der Waals surface area contributed by atoms with Crippen molar-refractivity contribution in [1.29, 1.82) is 0 Å². The first-order chi connectivity index (χ1) is 10.7. The molecule has 0 radical (unpaired) electrons. The molecule has 0 amide bonds. The lowest BCUT2D eigenvalue weighted by molar-refractivity contribution is 0.211. The van der Waals surface area contributed by atoms with E-state index in [1.165, 1.54) is 5.52 Å². The highest BCUT2D eigenvalue weighted by atomic mass is 32.2. The maximum absolute atomic E-state index is 5.89. The zero-order valence-corrected chi connectivity index (χ0v) is 15.9. The highest BCUT2D eigenvalue weighted by Crippen LogP contribution is 2.24. The minimum absolute atomic E-state index is 0.459. The van der Waals surface area contributed by atoms with Crippen LogP contribution in [0.15, 0.2) is 24.3 Å². The molecule has 0 aliphatic rings. The number of hydrogen-bond donors (Lipinski definition) is 0. The van der Waals surface area contributed by atoms with Crippen molar-refractivity contribution >= 4 is 32.1 Å². The Hall–Kier alpha value is -0.823. The monoisotopic (exact) mass is 338 g/mol. The van der Waals surface area contributed by atoms with Crippen molar-refractivity contribution in [3.05, 3.63) is 30.1 Å². The van der Waals surface area contributed by atoms with E-state index >= 15 is 0 Å². The Morgan fingerprint density at radius 1 is 1.18 bits per heavy atom. The molecule has 6 heteroatoms. The van der Waals surface area contributed by atoms with Crippen molar-refractivity contribution in [3.8, 4) is 0 Å². The molecule has 4 nitrogen and oxygen atoms in total. The molecule has 1 aromatic carbocycles. The lowest BCUT2D eigenvalue weighted by Crippen LogP contribution is -2.35. The molecule has 1 unspecified atom stereocenters. The number of fused-ring (bicyclic) bond motifs is 1. The third-order valence-corrected chi connectivity index (χ3v) is 8.45. The van der Waals surface area contributed by atoms with E-state index in [1.54, 1.807) is 0 Å². The van der Waals surface area contributed by atoms with Crippen molar-refractivity contribution in [2.75, 3.05) is 13.2 Å². The average molecular weight is 339 g/mol. The van der Waals surface area contributed by atoms with Crippen LogP contribution in [0.2, 0.25) is 0 Å². The molecule has 0 aliphatic carbocycles. The Labute approximate surface area is 139 Å². The highest BCUT2D eigenvalue weighted by Gasteiger charge is 2.25. The second-order valence-corrected chi connectivity index (χ2v) is 8.99. The molecular weight excluding hydrogens is 312 g/mol. The number of thioether (sulfide) groups is 1. The van der Waals surface area contributed by atoms with Crippen LogP contribution in [-0.4, -0.2) is 36.9 Å². The maximum atomic E-state index is 5.89. The summed E-state index contributed by atoms with van der Waals surface area (Å²) in [7, 11) is -1.62. The first kappa shape index (κ1) is 17.5. The Bertz CT molecular complexity index is 585. The Morgan fingerprint density at radius 3 is 2.50 bits per heavy atom. The van der Waals surface area contributed by atoms with Gasteiger partial charge in [0.1, 0.15) is 5.82 Å². The molecular formula is C16H26N2O2SSi. The van der Waals surface area contributed by atoms with Crippen molar-refractivity contribution in [1.82, 2.24) is 9.55 Å². The Morgan fingerprint density at radius 2 is 1.86 bits per heavy atom. The van der Waals surface area contributed by atoms with E-state index in [1.807, 2.05) is 31.7 Å². The molecule has 0 N–H and O–H groups in total. The number of rotatable bonds is 9. The fourth-order valence-electron chi connectivity index (χ4n) is 2.51. The molecule has 1 heterocycles. The Kier molecular flexibility index (Phi) is 6.95. The summed E-state index contributed by atoms with van der Waals surface area (Å²) >= 11 is 1.93. The minimum Gasteiger partial charge on any atom is -0.396 e. The topological polar surface area (TPSA) is 36.3 Å². The summed E-state index contributed by atoms with van der Waals surface area (Å²) in [5.74, 6) is 1.96.